The average Bonchev–Trinajstić information content (AvgIpc) is 2.70. The molecule has 3 rings (SSSR count). The molecule has 6 heteroatoms. The van der Waals surface area contributed by atoms with Crippen molar-refractivity contribution in [1.29, 1.82) is 0 Å². The van der Waals surface area contributed by atoms with Gasteiger partial charge in [0.05, 0.1) is 17.3 Å². The van der Waals surface area contributed by atoms with E-state index >= 15 is 0 Å². The molecule has 146 valence electrons. The van der Waals surface area contributed by atoms with E-state index in [1.165, 1.54) is 0 Å². The number of carbonyl (C=O) groups is 1. The highest BCUT2D eigenvalue weighted by molar-refractivity contribution is 6.32. The van der Waals surface area contributed by atoms with E-state index in [-0.39, 0.29) is 18.8 Å². The number of benzene rings is 2. The Balaban J connectivity index is 2.25. The number of hydrogen-bond donors (Lipinski definition) is 0. The maximum absolute atomic E-state index is 12.3. The number of aryl methyl sites for hydroxylation is 2. The van der Waals surface area contributed by atoms with Gasteiger partial charge in [0, 0.05) is 17.6 Å². The molecule has 0 bridgehead atoms. The summed E-state index contributed by atoms with van der Waals surface area (Å²) in [5.41, 5.74) is 5.87. The van der Waals surface area contributed by atoms with E-state index in [0.717, 1.165) is 27.8 Å². The molecule has 29 heavy (non-hydrogen) atoms. The van der Waals surface area contributed by atoms with Gasteiger partial charge in [-0.05, 0) is 61.7 Å². The van der Waals surface area contributed by atoms with Crippen LogP contribution in [-0.4, -0.2) is 31.9 Å². The number of rotatable bonds is 6. The van der Waals surface area contributed by atoms with Crippen LogP contribution in [0.5, 0.6) is 5.75 Å². The molecular weight excluding hydrogens is 385 g/mol. The molecule has 0 atom stereocenters. The van der Waals surface area contributed by atoms with Crippen LogP contribution < -0.4 is 4.74 Å². The van der Waals surface area contributed by atoms with Gasteiger partial charge in [0.2, 0.25) is 0 Å². The average molecular weight is 406 g/mol. The fraction of sp³-hybridized carbons (Fsp3) is 0.217. The fourth-order valence-corrected chi connectivity index (χ4v) is 3.46. The molecule has 0 amide bonds. The number of esters is 1. The molecule has 0 aliphatic carbocycles. The van der Waals surface area contributed by atoms with E-state index < -0.39 is 5.97 Å². The fourth-order valence-electron chi connectivity index (χ4n) is 3.29. The molecule has 0 unspecified atom stereocenters. The Morgan fingerprint density at radius 2 is 1.83 bits per heavy atom. The third kappa shape index (κ3) is 4.46. The van der Waals surface area contributed by atoms with Crippen molar-refractivity contribution >= 4 is 25.4 Å². The second-order valence-electron chi connectivity index (χ2n) is 6.54. The lowest BCUT2D eigenvalue weighted by molar-refractivity contribution is 0.0519. The molecule has 0 spiro atoms. The van der Waals surface area contributed by atoms with Crippen molar-refractivity contribution in [3.8, 4) is 28.1 Å². The van der Waals surface area contributed by atoms with Crippen LogP contribution in [0.15, 0.2) is 48.5 Å². The van der Waals surface area contributed by atoms with Crippen molar-refractivity contribution in [2.24, 2.45) is 0 Å². The van der Waals surface area contributed by atoms with Gasteiger partial charge in [-0.3, -0.25) is 0 Å². The smallest absolute Gasteiger partial charge is 0.356 e. The van der Waals surface area contributed by atoms with Gasteiger partial charge >= 0.3 is 5.97 Å². The summed E-state index contributed by atoms with van der Waals surface area (Å²) in [6.07, 6.45) is 0. The van der Waals surface area contributed by atoms with E-state index in [2.05, 4.69) is 31.0 Å². The first-order chi connectivity index (χ1) is 14.0. The monoisotopic (exact) mass is 405 g/mol. The maximum atomic E-state index is 12.3. The van der Waals surface area contributed by atoms with E-state index in [9.17, 15) is 4.79 Å². The molecule has 0 N–H and O–H groups in total. The van der Waals surface area contributed by atoms with Crippen LogP contribution in [0.3, 0.4) is 0 Å². The first-order valence-corrected chi connectivity index (χ1v) is 9.71. The minimum atomic E-state index is -0.464. The lowest BCUT2D eigenvalue weighted by atomic mass is 9.92. The largest absolute Gasteiger partial charge is 0.502 e. The van der Waals surface area contributed by atoms with Crippen molar-refractivity contribution in [1.82, 2.24) is 4.98 Å². The summed E-state index contributed by atoms with van der Waals surface area (Å²) in [6, 6.07) is 15.1. The Morgan fingerprint density at radius 1 is 1.10 bits per heavy atom. The van der Waals surface area contributed by atoms with Crippen LogP contribution in [0.1, 0.15) is 28.5 Å². The molecule has 0 saturated heterocycles. The number of carbonyl (C=O) groups excluding carboxylic acids is 1. The zero-order valence-electron chi connectivity index (χ0n) is 16.7. The topological polar surface area (TPSA) is 48.4 Å². The van der Waals surface area contributed by atoms with Gasteiger partial charge in [-0.15, -0.1) is 0 Å². The maximum Gasteiger partial charge on any atom is 0.356 e. The molecule has 2 radical (unpaired) electrons. The summed E-state index contributed by atoms with van der Waals surface area (Å²) < 4.78 is 10.6. The summed E-state index contributed by atoms with van der Waals surface area (Å²) in [4.78, 5) is 16.9. The number of halogens is 1. The summed E-state index contributed by atoms with van der Waals surface area (Å²) in [5.74, 6) is -0.00309. The molecule has 3 aromatic rings. The van der Waals surface area contributed by atoms with Crippen LogP contribution >= 0.6 is 11.6 Å². The Morgan fingerprint density at radius 3 is 2.48 bits per heavy atom. The molecule has 0 fully saturated rings. The van der Waals surface area contributed by atoms with Crippen molar-refractivity contribution in [3.05, 3.63) is 70.4 Å². The molecule has 4 nitrogen and oxygen atoms in total. The summed E-state index contributed by atoms with van der Waals surface area (Å²) in [5, 5.41) is 0.453. The van der Waals surface area contributed by atoms with E-state index in [1.54, 1.807) is 25.1 Å². The van der Waals surface area contributed by atoms with E-state index in [1.807, 2.05) is 18.2 Å². The number of hydrogen-bond acceptors (Lipinski definition) is 4. The second-order valence-corrected chi connectivity index (χ2v) is 6.94. The van der Waals surface area contributed by atoms with Crippen LogP contribution in [0, 0.1) is 13.8 Å². The van der Waals surface area contributed by atoms with Crippen LogP contribution in [0.4, 0.5) is 0 Å². The second kappa shape index (κ2) is 9.14. The summed E-state index contributed by atoms with van der Waals surface area (Å²) >= 11 is 6.22. The third-order valence-corrected chi connectivity index (χ3v) is 4.89. The molecule has 0 aliphatic heterocycles. The lowest BCUT2D eigenvalue weighted by Crippen LogP contribution is -2.08. The molecule has 2 aromatic carbocycles. The van der Waals surface area contributed by atoms with Crippen LogP contribution in [0.2, 0.25) is 5.02 Å². The molecule has 0 saturated carbocycles. The molecule has 1 heterocycles. The van der Waals surface area contributed by atoms with Gasteiger partial charge in [0.25, 0.3) is 0 Å². The Labute approximate surface area is 177 Å². The zero-order chi connectivity index (χ0) is 21.0. The van der Waals surface area contributed by atoms with E-state index in [4.69, 9.17) is 28.9 Å². The Kier molecular flexibility index (Phi) is 6.60. The van der Waals surface area contributed by atoms with Crippen molar-refractivity contribution < 1.29 is 14.3 Å². The highest BCUT2D eigenvalue weighted by atomic mass is 35.5. The normalized spacial score (nSPS) is 10.6. The van der Waals surface area contributed by atoms with Gasteiger partial charge in [-0.25, -0.2) is 9.78 Å². The first kappa shape index (κ1) is 20.9. The third-order valence-electron chi connectivity index (χ3n) is 4.57. The van der Waals surface area contributed by atoms with E-state index in [0.29, 0.717) is 16.5 Å². The van der Waals surface area contributed by atoms with Gasteiger partial charge in [-0.2, -0.15) is 0 Å². The molecule has 1 aromatic heterocycles. The van der Waals surface area contributed by atoms with Crippen LogP contribution in [0.25, 0.3) is 22.4 Å². The Bertz CT molecular complexity index is 1030. The quantitative estimate of drug-likeness (QED) is 0.409. The first-order valence-electron chi connectivity index (χ1n) is 9.33. The molecule has 0 aliphatic rings. The van der Waals surface area contributed by atoms with Crippen molar-refractivity contribution in [2.75, 3.05) is 13.1 Å². The lowest BCUT2D eigenvalue weighted by Gasteiger charge is -2.16. The summed E-state index contributed by atoms with van der Waals surface area (Å²) in [6.45, 7) is 6.15. The SMILES string of the molecule is [B]COc1cc(-c2nc(C(=O)OCC)ccc2-c2c(C)cccc2C)ccc1Cl. The van der Waals surface area contributed by atoms with Crippen molar-refractivity contribution in [3.63, 3.8) is 0 Å². The minimum absolute atomic E-state index is 0.00320. The number of aromatic nitrogens is 1. The number of ether oxygens (including phenoxy) is 2. The number of pyridine rings is 1. The van der Waals surface area contributed by atoms with Crippen LogP contribution in [-0.2, 0) is 4.74 Å². The Hall–Kier alpha value is -2.79. The van der Waals surface area contributed by atoms with Gasteiger partial charge in [-0.1, -0.05) is 35.9 Å². The minimum Gasteiger partial charge on any atom is -0.502 e. The highest BCUT2D eigenvalue weighted by Crippen LogP contribution is 2.37. The highest BCUT2D eigenvalue weighted by Gasteiger charge is 2.18. The summed E-state index contributed by atoms with van der Waals surface area (Å²) in [7, 11) is 5.52. The predicted molar refractivity (Wildman–Crippen MR) is 117 cm³/mol. The van der Waals surface area contributed by atoms with Gasteiger partial charge < -0.3 is 9.47 Å². The molecular formula is C23H21BClNO3. The van der Waals surface area contributed by atoms with Gasteiger partial charge in [0.15, 0.2) is 0 Å². The predicted octanol–water partition coefficient (Wildman–Crippen LogP) is 5.37. The van der Waals surface area contributed by atoms with Crippen molar-refractivity contribution in [2.45, 2.75) is 20.8 Å². The van der Waals surface area contributed by atoms with Gasteiger partial charge in [0.1, 0.15) is 19.3 Å². The number of nitrogens with zero attached hydrogens (tertiary/aromatic N) is 1. The standard InChI is InChI=1S/C23H21BClNO3/c1-4-28-23(27)19-11-9-17(21-14(2)6-5-7-15(21)3)22(26-19)16-8-10-18(25)20(12-16)29-13-24/h5-12H,4,13H2,1-3H3. The zero-order valence-corrected chi connectivity index (χ0v) is 17.4.